The second-order valence-electron chi connectivity index (χ2n) is 5.74. The van der Waals surface area contributed by atoms with Crippen molar-refractivity contribution < 1.29 is 13.5 Å². The lowest BCUT2D eigenvalue weighted by molar-refractivity contribution is 0.410. The molecule has 1 aliphatic carbocycles. The molecule has 1 saturated carbocycles. The van der Waals surface area contributed by atoms with Crippen molar-refractivity contribution in [3.63, 3.8) is 0 Å². The number of nitrogens with two attached hydrogens (primary N) is 1. The molecule has 4 nitrogen and oxygen atoms in total. The van der Waals surface area contributed by atoms with Gasteiger partial charge in [0.15, 0.2) is 5.96 Å². The predicted molar refractivity (Wildman–Crippen MR) is 104 cm³/mol. The Morgan fingerprint density at radius 3 is 2.56 bits per heavy atom. The SMILES string of the molecule is COc1ccccc1CN=C(N)NC1CC1c1c(F)cccc1F.I. The molecule has 0 spiro atoms. The Hall–Kier alpha value is -1.90. The Labute approximate surface area is 162 Å². The van der Waals surface area contributed by atoms with E-state index in [0.29, 0.717) is 13.0 Å². The van der Waals surface area contributed by atoms with Gasteiger partial charge >= 0.3 is 0 Å². The standard InChI is InChI=1S/C18H19F2N3O.HI/c1-24-16-8-3-2-5-11(16)10-22-18(21)23-15-9-12(15)17-13(19)6-4-7-14(17)20;/h2-8,12,15H,9-10H2,1H3,(H3,21,22,23);1H. The van der Waals surface area contributed by atoms with E-state index in [1.807, 2.05) is 24.3 Å². The predicted octanol–water partition coefficient (Wildman–Crippen LogP) is 3.55. The number of hydrogen-bond donors (Lipinski definition) is 2. The topological polar surface area (TPSA) is 59.6 Å². The first kappa shape index (κ1) is 19.4. The Morgan fingerprint density at radius 1 is 1.20 bits per heavy atom. The van der Waals surface area contributed by atoms with Gasteiger partial charge in [-0.05, 0) is 24.6 Å². The molecule has 0 aliphatic heterocycles. The second-order valence-corrected chi connectivity index (χ2v) is 5.74. The molecule has 2 aromatic carbocycles. The average Bonchev–Trinajstić information content (AvgIpc) is 3.31. The minimum absolute atomic E-state index is 0. The minimum atomic E-state index is -0.520. The number of halogens is 3. The summed E-state index contributed by atoms with van der Waals surface area (Å²) in [6, 6.07) is 11.3. The van der Waals surface area contributed by atoms with E-state index in [1.54, 1.807) is 7.11 Å². The summed E-state index contributed by atoms with van der Waals surface area (Å²) >= 11 is 0. The maximum absolute atomic E-state index is 13.8. The molecule has 134 valence electrons. The maximum atomic E-state index is 13.8. The van der Waals surface area contributed by atoms with E-state index in [4.69, 9.17) is 10.5 Å². The lowest BCUT2D eigenvalue weighted by Gasteiger charge is -2.08. The summed E-state index contributed by atoms with van der Waals surface area (Å²) in [5.74, 6) is -0.259. The molecule has 7 heteroatoms. The summed E-state index contributed by atoms with van der Waals surface area (Å²) in [5.41, 5.74) is 6.91. The van der Waals surface area contributed by atoms with Crippen LogP contribution in [0.2, 0.25) is 0 Å². The fourth-order valence-electron chi connectivity index (χ4n) is 2.78. The molecular weight excluding hydrogens is 439 g/mol. The van der Waals surface area contributed by atoms with Crippen LogP contribution in [0.25, 0.3) is 0 Å². The van der Waals surface area contributed by atoms with Crippen LogP contribution in [0.1, 0.15) is 23.5 Å². The van der Waals surface area contributed by atoms with E-state index in [9.17, 15) is 8.78 Å². The van der Waals surface area contributed by atoms with Crippen LogP contribution in [-0.4, -0.2) is 19.1 Å². The largest absolute Gasteiger partial charge is 0.496 e. The molecule has 25 heavy (non-hydrogen) atoms. The normalized spacial score (nSPS) is 19.1. The molecule has 0 aromatic heterocycles. The van der Waals surface area contributed by atoms with Crippen LogP contribution in [0.15, 0.2) is 47.5 Å². The van der Waals surface area contributed by atoms with Gasteiger partial charge in [0.05, 0.1) is 13.7 Å². The number of ether oxygens (including phenoxy) is 1. The zero-order valence-corrected chi connectivity index (χ0v) is 16.0. The Kier molecular flexibility index (Phi) is 6.57. The number of methoxy groups -OCH3 is 1. The van der Waals surface area contributed by atoms with Gasteiger partial charge in [-0.2, -0.15) is 0 Å². The van der Waals surface area contributed by atoms with Crippen LogP contribution in [0.5, 0.6) is 5.75 Å². The molecule has 0 bridgehead atoms. The monoisotopic (exact) mass is 459 g/mol. The van der Waals surface area contributed by atoms with Crippen LogP contribution >= 0.6 is 24.0 Å². The molecule has 3 N–H and O–H groups in total. The van der Waals surface area contributed by atoms with Gasteiger partial charge in [-0.1, -0.05) is 24.3 Å². The lowest BCUT2D eigenvalue weighted by atomic mass is 10.1. The molecule has 3 rings (SSSR count). The van der Waals surface area contributed by atoms with Crippen molar-refractivity contribution in [3.8, 4) is 5.75 Å². The summed E-state index contributed by atoms with van der Waals surface area (Å²) in [7, 11) is 1.60. The van der Waals surface area contributed by atoms with Gasteiger partial charge in [-0.3, -0.25) is 0 Å². The van der Waals surface area contributed by atoms with E-state index in [0.717, 1.165) is 11.3 Å². The summed E-state index contributed by atoms with van der Waals surface area (Å²) < 4.78 is 32.8. The van der Waals surface area contributed by atoms with E-state index in [2.05, 4.69) is 10.3 Å². The molecule has 2 atom stereocenters. The van der Waals surface area contributed by atoms with Gasteiger partial charge in [-0.15, -0.1) is 24.0 Å². The first-order chi connectivity index (χ1) is 11.6. The summed E-state index contributed by atoms with van der Waals surface area (Å²) in [6.07, 6.45) is 0.628. The van der Waals surface area contributed by atoms with Crippen molar-refractivity contribution in [1.29, 1.82) is 0 Å². The Morgan fingerprint density at radius 2 is 1.88 bits per heavy atom. The number of nitrogens with zero attached hydrogens (tertiary/aromatic N) is 1. The third kappa shape index (κ3) is 4.59. The molecular formula is C18H20F2IN3O. The number of hydrogen-bond acceptors (Lipinski definition) is 2. The van der Waals surface area contributed by atoms with Crippen molar-refractivity contribution in [3.05, 3.63) is 65.2 Å². The molecule has 2 unspecified atom stereocenters. The van der Waals surface area contributed by atoms with Crippen molar-refractivity contribution in [2.75, 3.05) is 7.11 Å². The molecule has 1 aliphatic rings. The van der Waals surface area contributed by atoms with Crippen LogP contribution in [0, 0.1) is 11.6 Å². The van der Waals surface area contributed by atoms with Crippen LogP contribution in [-0.2, 0) is 6.54 Å². The Balaban J connectivity index is 0.00000225. The van der Waals surface area contributed by atoms with E-state index in [-0.39, 0.29) is 47.5 Å². The smallest absolute Gasteiger partial charge is 0.189 e. The molecule has 1 fully saturated rings. The van der Waals surface area contributed by atoms with Gasteiger partial charge < -0.3 is 15.8 Å². The zero-order valence-electron chi connectivity index (χ0n) is 13.7. The summed E-state index contributed by atoms with van der Waals surface area (Å²) in [6.45, 7) is 0.369. The number of aliphatic imine (C=N–C) groups is 1. The highest BCUT2D eigenvalue weighted by atomic mass is 127. The number of nitrogens with one attached hydrogen (secondary N) is 1. The van der Waals surface area contributed by atoms with E-state index >= 15 is 0 Å². The number of benzene rings is 2. The molecule has 2 aromatic rings. The van der Waals surface area contributed by atoms with Crippen LogP contribution in [0.3, 0.4) is 0 Å². The van der Waals surface area contributed by atoms with Gasteiger partial charge in [-0.25, -0.2) is 13.8 Å². The summed E-state index contributed by atoms with van der Waals surface area (Å²) in [4.78, 5) is 4.27. The van der Waals surface area contributed by atoms with E-state index in [1.165, 1.54) is 18.2 Å². The van der Waals surface area contributed by atoms with Crippen molar-refractivity contribution in [2.45, 2.75) is 24.9 Å². The molecule has 0 heterocycles. The minimum Gasteiger partial charge on any atom is -0.496 e. The van der Waals surface area contributed by atoms with Gasteiger partial charge in [0, 0.05) is 23.1 Å². The highest BCUT2D eigenvalue weighted by Crippen LogP contribution is 2.42. The van der Waals surface area contributed by atoms with Crippen molar-refractivity contribution in [2.24, 2.45) is 10.7 Å². The number of rotatable bonds is 5. The fraction of sp³-hybridized carbons (Fsp3) is 0.278. The van der Waals surface area contributed by atoms with Crippen LogP contribution in [0.4, 0.5) is 8.78 Å². The summed E-state index contributed by atoms with van der Waals surface area (Å²) in [5, 5.41) is 3.02. The third-order valence-corrected chi connectivity index (χ3v) is 4.11. The first-order valence-electron chi connectivity index (χ1n) is 7.72. The van der Waals surface area contributed by atoms with Crippen molar-refractivity contribution in [1.82, 2.24) is 5.32 Å². The quantitative estimate of drug-likeness (QED) is 0.409. The van der Waals surface area contributed by atoms with Gasteiger partial charge in [0.25, 0.3) is 0 Å². The number of para-hydroxylation sites is 1. The number of guanidine groups is 1. The first-order valence-corrected chi connectivity index (χ1v) is 7.72. The molecule has 0 amide bonds. The van der Waals surface area contributed by atoms with Gasteiger partial charge in [0.2, 0.25) is 0 Å². The third-order valence-electron chi connectivity index (χ3n) is 4.11. The van der Waals surface area contributed by atoms with Crippen molar-refractivity contribution >= 4 is 29.9 Å². The van der Waals surface area contributed by atoms with Gasteiger partial charge in [0.1, 0.15) is 17.4 Å². The highest BCUT2D eigenvalue weighted by molar-refractivity contribution is 14.0. The second kappa shape index (κ2) is 8.46. The maximum Gasteiger partial charge on any atom is 0.189 e. The average molecular weight is 459 g/mol. The van der Waals surface area contributed by atoms with E-state index < -0.39 is 11.6 Å². The van der Waals surface area contributed by atoms with Crippen LogP contribution < -0.4 is 15.8 Å². The zero-order chi connectivity index (χ0) is 17.1. The fourth-order valence-corrected chi connectivity index (χ4v) is 2.78. The lowest BCUT2D eigenvalue weighted by Crippen LogP contribution is -2.34. The highest BCUT2D eigenvalue weighted by Gasteiger charge is 2.42. The molecule has 0 saturated heterocycles. The molecule has 0 radical (unpaired) electrons. The Bertz CT molecular complexity index is 749.